The normalized spacial score (nSPS) is 14.7. The summed E-state index contributed by atoms with van der Waals surface area (Å²) in [7, 11) is 0. The zero-order chi connectivity index (χ0) is 20.8. The van der Waals surface area contributed by atoms with Crippen LogP contribution >= 0.6 is 15.9 Å². The number of cyclic esters (lactones) is 1. The van der Waals surface area contributed by atoms with Crippen molar-refractivity contribution >= 4 is 33.9 Å². The highest BCUT2D eigenvalue weighted by atomic mass is 79.9. The summed E-state index contributed by atoms with van der Waals surface area (Å²) in [6.45, 7) is 5.06. The fourth-order valence-corrected chi connectivity index (χ4v) is 3.25. The maximum absolute atomic E-state index is 13.1. The molecule has 0 unspecified atom stereocenters. The van der Waals surface area contributed by atoms with Gasteiger partial charge in [-0.25, -0.2) is 14.2 Å². The molecule has 0 aromatic heterocycles. The van der Waals surface area contributed by atoms with Gasteiger partial charge in [-0.3, -0.25) is 0 Å². The van der Waals surface area contributed by atoms with E-state index in [9.17, 15) is 9.18 Å². The molecule has 0 saturated heterocycles. The van der Waals surface area contributed by atoms with Crippen LogP contribution in [-0.2, 0) is 9.53 Å². The molecule has 1 aliphatic heterocycles. The predicted octanol–water partition coefficient (Wildman–Crippen LogP) is 5.51. The quantitative estimate of drug-likeness (QED) is 0.295. The molecular weight excluding hydrogens is 441 g/mol. The first-order chi connectivity index (χ1) is 14.0. The molecule has 29 heavy (non-hydrogen) atoms. The Kier molecular flexibility index (Phi) is 7.04. The zero-order valence-electron chi connectivity index (χ0n) is 16.2. The van der Waals surface area contributed by atoms with E-state index in [0.29, 0.717) is 35.8 Å². The van der Waals surface area contributed by atoms with Crippen molar-refractivity contribution < 1.29 is 23.4 Å². The average molecular weight is 462 g/mol. The number of halogens is 2. The summed E-state index contributed by atoms with van der Waals surface area (Å²) in [5.41, 5.74) is 1.39. The van der Waals surface area contributed by atoms with Gasteiger partial charge >= 0.3 is 5.97 Å². The van der Waals surface area contributed by atoms with Crippen LogP contribution in [0.1, 0.15) is 37.8 Å². The first-order valence-corrected chi connectivity index (χ1v) is 10.2. The summed E-state index contributed by atoms with van der Waals surface area (Å²) in [6, 6.07) is 9.22. The van der Waals surface area contributed by atoms with Gasteiger partial charge in [-0.15, -0.1) is 0 Å². The molecule has 0 amide bonds. The minimum Gasteiger partial charge on any atom is -0.490 e. The van der Waals surface area contributed by atoms with E-state index in [2.05, 4.69) is 27.8 Å². The molecule has 0 N–H and O–H groups in total. The number of carbonyl (C=O) groups is 1. The van der Waals surface area contributed by atoms with Crippen molar-refractivity contribution in [2.45, 2.75) is 26.7 Å². The Morgan fingerprint density at radius 3 is 2.62 bits per heavy atom. The molecular formula is C22H21BrFNO4. The van der Waals surface area contributed by atoms with Gasteiger partial charge in [0.1, 0.15) is 5.82 Å². The van der Waals surface area contributed by atoms with E-state index < -0.39 is 5.97 Å². The van der Waals surface area contributed by atoms with Crippen LogP contribution in [0.25, 0.3) is 6.08 Å². The lowest BCUT2D eigenvalue weighted by Gasteiger charge is -2.14. The van der Waals surface area contributed by atoms with Crippen molar-refractivity contribution in [3.05, 3.63) is 63.5 Å². The average Bonchev–Trinajstić information content (AvgIpc) is 3.05. The Balaban J connectivity index is 1.90. The summed E-state index contributed by atoms with van der Waals surface area (Å²) in [5, 5.41) is 0. The SMILES string of the molecule is CCCCOc1c(Br)cc(/C=C2\N=C(c3ccc(F)cc3)OC2=O)cc1OCC. The Morgan fingerprint density at radius 1 is 1.17 bits per heavy atom. The fraction of sp³-hybridized carbons (Fsp3) is 0.273. The van der Waals surface area contributed by atoms with Gasteiger partial charge in [0.05, 0.1) is 17.7 Å². The lowest BCUT2D eigenvalue weighted by molar-refractivity contribution is -0.129. The van der Waals surface area contributed by atoms with E-state index in [1.807, 2.05) is 13.0 Å². The molecule has 0 atom stereocenters. The van der Waals surface area contributed by atoms with Gasteiger partial charge in [0.15, 0.2) is 17.2 Å². The van der Waals surface area contributed by atoms with E-state index in [4.69, 9.17) is 14.2 Å². The molecule has 152 valence electrons. The number of benzene rings is 2. The molecule has 0 saturated carbocycles. The van der Waals surface area contributed by atoms with Gasteiger partial charge in [0, 0.05) is 5.56 Å². The predicted molar refractivity (Wildman–Crippen MR) is 113 cm³/mol. The summed E-state index contributed by atoms with van der Waals surface area (Å²) >= 11 is 3.52. The van der Waals surface area contributed by atoms with Gasteiger partial charge in [-0.1, -0.05) is 13.3 Å². The Morgan fingerprint density at radius 2 is 1.93 bits per heavy atom. The second-order valence-electron chi connectivity index (χ2n) is 6.31. The molecule has 0 aliphatic carbocycles. The minimum absolute atomic E-state index is 0.143. The molecule has 0 bridgehead atoms. The number of hydrogen-bond donors (Lipinski definition) is 0. The van der Waals surface area contributed by atoms with E-state index >= 15 is 0 Å². The van der Waals surface area contributed by atoms with E-state index in [1.165, 1.54) is 24.3 Å². The van der Waals surface area contributed by atoms with Crippen LogP contribution in [0.15, 0.2) is 51.6 Å². The van der Waals surface area contributed by atoms with Crippen LogP contribution in [0.4, 0.5) is 4.39 Å². The maximum atomic E-state index is 13.1. The van der Waals surface area contributed by atoms with E-state index in [1.54, 1.807) is 12.1 Å². The van der Waals surface area contributed by atoms with Gasteiger partial charge in [0.25, 0.3) is 0 Å². The van der Waals surface area contributed by atoms with Crippen molar-refractivity contribution in [3.63, 3.8) is 0 Å². The Bertz CT molecular complexity index is 954. The van der Waals surface area contributed by atoms with Gasteiger partial charge in [-0.05, 0) is 77.3 Å². The highest BCUT2D eigenvalue weighted by Gasteiger charge is 2.24. The molecule has 7 heteroatoms. The molecule has 2 aromatic rings. The topological polar surface area (TPSA) is 57.1 Å². The van der Waals surface area contributed by atoms with Crippen molar-refractivity contribution in [2.75, 3.05) is 13.2 Å². The minimum atomic E-state index is -0.568. The first kappa shape index (κ1) is 21.0. The van der Waals surface area contributed by atoms with Gasteiger partial charge < -0.3 is 14.2 Å². The second kappa shape index (κ2) is 9.69. The number of hydrogen-bond acceptors (Lipinski definition) is 5. The monoisotopic (exact) mass is 461 g/mol. The van der Waals surface area contributed by atoms with Crippen LogP contribution in [0.2, 0.25) is 0 Å². The lowest BCUT2D eigenvalue weighted by Crippen LogP contribution is -2.05. The van der Waals surface area contributed by atoms with Crippen LogP contribution in [0.5, 0.6) is 11.5 Å². The maximum Gasteiger partial charge on any atom is 0.363 e. The van der Waals surface area contributed by atoms with Crippen LogP contribution in [0.3, 0.4) is 0 Å². The Hall–Kier alpha value is -2.67. The molecule has 1 heterocycles. The highest BCUT2D eigenvalue weighted by Crippen LogP contribution is 2.38. The molecule has 1 aliphatic rings. The number of unbranched alkanes of at least 4 members (excludes halogenated alkanes) is 1. The fourth-order valence-electron chi connectivity index (χ4n) is 2.68. The van der Waals surface area contributed by atoms with Crippen LogP contribution in [0, 0.1) is 5.82 Å². The van der Waals surface area contributed by atoms with E-state index in [-0.39, 0.29) is 17.4 Å². The number of aliphatic imine (C=N–C) groups is 1. The third-order valence-electron chi connectivity index (χ3n) is 4.09. The summed E-state index contributed by atoms with van der Waals surface area (Å²) < 4.78 is 30.6. The smallest absolute Gasteiger partial charge is 0.363 e. The summed E-state index contributed by atoms with van der Waals surface area (Å²) in [4.78, 5) is 16.5. The van der Waals surface area contributed by atoms with Crippen molar-refractivity contribution in [1.29, 1.82) is 0 Å². The Labute approximate surface area is 177 Å². The summed E-state index contributed by atoms with van der Waals surface area (Å²) in [5.74, 6) is 0.418. The van der Waals surface area contributed by atoms with Crippen molar-refractivity contribution in [1.82, 2.24) is 0 Å². The van der Waals surface area contributed by atoms with Gasteiger partial charge in [0.2, 0.25) is 5.90 Å². The van der Waals surface area contributed by atoms with Crippen molar-refractivity contribution in [2.24, 2.45) is 4.99 Å². The molecule has 2 aromatic carbocycles. The van der Waals surface area contributed by atoms with Crippen molar-refractivity contribution in [3.8, 4) is 11.5 Å². The van der Waals surface area contributed by atoms with Crippen LogP contribution in [-0.4, -0.2) is 25.1 Å². The third kappa shape index (κ3) is 5.23. The molecule has 5 nitrogen and oxygen atoms in total. The lowest BCUT2D eigenvalue weighted by atomic mass is 10.1. The summed E-state index contributed by atoms with van der Waals surface area (Å²) in [6.07, 6.45) is 3.58. The first-order valence-electron chi connectivity index (χ1n) is 9.39. The number of rotatable bonds is 8. The number of nitrogens with zero attached hydrogens (tertiary/aromatic N) is 1. The van der Waals surface area contributed by atoms with Crippen LogP contribution < -0.4 is 9.47 Å². The molecule has 0 fully saturated rings. The number of esters is 1. The third-order valence-corrected chi connectivity index (χ3v) is 4.68. The largest absolute Gasteiger partial charge is 0.490 e. The second-order valence-corrected chi connectivity index (χ2v) is 7.16. The van der Waals surface area contributed by atoms with Gasteiger partial charge in [-0.2, -0.15) is 0 Å². The number of carbonyl (C=O) groups excluding carboxylic acids is 1. The highest BCUT2D eigenvalue weighted by molar-refractivity contribution is 9.10. The van der Waals surface area contributed by atoms with E-state index in [0.717, 1.165) is 17.3 Å². The standard InChI is InChI=1S/C22H21BrFNO4/c1-3-5-10-28-20-17(23)11-14(13-19(20)27-4-2)12-18-22(26)29-21(25-18)15-6-8-16(24)9-7-15/h6-9,11-13H,3-5,10H2,1-2H3/b18-12-. The zero-order valence-corrected chi connectivity index (χ0v) is 17.8. The molecule has 3 rings (SSSR count). The molecule has 0 radical (unpaired) electrons. The molecule has 0 spiro atoms. The number of ether oxygens (including phenoxy) is 3.